The quantitative estimate of drug-likeness (QED) is 0.710. The van der Waals surface area contributed by atoms with E-state index in [0.717, 1.165) is 0 Å². The van der Waals surface area contributed by atoms with E-state index < -0.39 is 12.0 Å². The van der Waals surface area contributed by atoms with Crippen LogP contribution in [0.1, 0.15) is 23.2 Å². The van der Waals surface area contributed by atoms with Crippen molar-refractivity contribution in [1.29, 1.82) is 0 Å². The largest absolute Gasteiger partial charge is 0.490 e. The predicted molar refractivity (Wildman–Crippen MR) is 72.6 cm³/mol. The summed E-state index contributed by atoms with van der Waals surface area (Å²) >= 11 is 0. The fourth-order valence-corrected chi connectivity index (χ4v) is 2.18. The Kier molecular flexibility index (Phi) is 3.97. The number of carboxylic acid groups (broad SMARTS) is 1. The van der Waals surface area contributed by atoms with E-state index in [1.54, 1.807) is 12.1 Å². The van der Waals surface area contributed by atoms with Gasteiger partial charge in [0.15, 0.2) is 0 Å². The van der Waals surface area contributed by atoms with Gasteiger partial charge in [0.05, 0.1) is 5.56 Å². The topological polar surface area (TPSA) is 119 Å². The highest BCUT2D eigenvalue weighted by Gasteiger charge is 2.23. The SMILES string of the molecule is NC(=O)c1cc(OC2CCN(C(=O)O)CC2)ccc1N. The molecule has 0 aromatic heterocycles. The Bertz CT molecular complexity index is 524. The van der Waals surface area contributed by atoms with Gasteiger partial charge in [-0.3, -0.25) is 4.79 Å². The number of primary amides is 1. The highest BCUT2D eigenvalue weighted by Crippen LogP contribution is 2.23. The van der Waals surface area contributed by atoms with Gasteiger partial charge in [0.25, 0.3) is 5.91 Å². The van der Waals surface area contributed by atoms with E-state index in [1.165, 1.54) is 11.0 Å². The van der Waals surface area contributed by atoms with E-state index in [2.05, 4.69) is 0 Å². The summed E-state index contributed by atoms with van der Waals surface area (Å²) in [6.07, 6.45) is 0.243. The number of hydrogen-bond acceptors (Lipinski definition) is 4. The lowest BCUT2D eigenvalue weighted by molar-refractivity contribution is 0.0889. The molecule has 0 atom stereocenters. The number of carbonyl (C=O) groups is 2. The van der Waals surface area contributed by atoms with Crippen molar-refractivity contribution in [2.45, 2.75) is 18.9 Å². The van der Waals surface area contributed by atoms with E-state index >= 15 is 0 Å². The zero-order valence-corrected chi connectivity index (χ0v) is 10.9. The molecule has 0 aliphatic carbocycles. The second-order valence-electron chi connectivity index (χ2n) is 4.70. The summed E-state index contributed by atoms with van der Waals surface area (Å²) < 4.78 is 5.75. The summed E-state index contributed by atoms with van der Waals surface area (Å²) in [6, 6.07) is 4.76. The third-order valence-electron chi connectivity index (χ3n) is 3.31. The monoisotopic (exact) mass is 279 g/mol. The van der Waals surface area contributed by atoms with E-state index in [-0.39, 0.29) is 11.7 Å². The number of amides is 2. The van der Waals surface area contributed by atoms with Gasteiger partial charge in [-0.2, -0.15) is 0 Å². The van der Waals surface area contributed by atoms with Crippen LogP contribution < -0.4 is 16.2 Å². The first-order valence-electron chi connectivity index (χ1n) is 6.31. The molecule has 0 bridgehead atoms. The average molecular weight is 279 g/mol. The van der Waals surface area contributed by atoms with E-state index in [1.807, 2.05) is 0 Å². The molecule has 20 heavy (non-hydrogen) atoms. The van der Waals surface area contributed by atoms with Crippen LogP contribution in [-0.4, -0.2) is 41.2 Å². The maximum atomic E-state index is 11.2. The lowest BCUT2D eigenvalue weighted by Crippen LogP contribution is -2.41. The first kappa shape index (κ1) is 14.0. The standard InChI is InChI=1S/C13H17N3O4/c14-11-2-1-9(7-10(11)12(15)17)20-8-3-5-16(6-4-8)13(18)19/h1-2,7-8H,3-6,14H2,(H2,15,17)(H,18,19). The Morgan fingerprint density at radius 3 is 2.50 bits per heavy atom. The summed E-state index contributed by atoms with van der Waals surface area (Å²) in [6.45, 7) is 0.884. The van der Waals surface area contributed by atoms with E-state index in [4.69, 9.17) is 21.3 Å². The molecule has 0 unspecified atom stereocenters. The van der Waals surface area contributed by atoms with Crippen molar-refractivity contribution in [2.75, 3.05) is 18.8 Å². The van der Waals surface area contributed by atoms with Gasteiger partial charge < -0.3 is 26.2 Å². The third-order valence-corrected chi connectivity index (χ3v) is 3.31. The third kappa shape index (κ3) is 3.11. The summed E-state index contributed by atoms with van der Waals surface area (Å²) in [5.41, 5.74) is 11.4. The van der Waals surface area contributed by atoms with Gasteiger partial charge in [0, 0.05) is 31.6 Å². The maximum Gasteiger partial charge on any atom is 0.407 e. The molecule has 1 heterocycles. The lowest BCUT2D eigenvalue weighted by Gasteiger charge is -2.30. The minimum absolute atomic E-state index is 0.0741. The van der Waals surface area contributed by atoms with Gasteiger partial charge in [-0.15, -0.1) is 0 Å². The number of benzene rings is 1. The smallest absolute Gasteiger partial charge is 0.407 e. The van der Waals surface area contributed by atoms with Gasteiger partial charge in [0.2, 0.25) is 0 Å². The Morgan fingerprint density at radius 1 is 1.30 bits per heavy atom. The fraction of sp³-hybridized carbons (Fsp3) is 0.385. The number of nitrogens with zero attached hydrogens (tertiary/aromatic N) is 1. The van der Waals surface area contributed by atoms with Crippen LogP contribution in [0.5, 0.6) is 5.75 Å². The van der Waals surface area contributed by atoms with E-state index in [9.17, 15) is 9.59 Å². The Labute approximate surface area is 116 Å². The van der Waals surface area contributed by atoms with Gasteiger partial charge in [0.1, 0.15) is 11.9 Å². The van der Waals surface area contributed by atoms with Crippen LogP contribution in [0.3, 0.4) is 0 Å². The molecule has 0 spiro atoms. The molecule has 1 aromatic carbocycles. The molecule has 7 nitrogen and oxygen atoms in total. The number of anilines is 1. The second kappa shape index (κ2) is 5.68. The number of ether oxygens (including phenoxy) is 1. The molecule has 7 heteroatoms. The van der Waals surface area contributed by atoms with Gasteiger partial charge >= 0.3 is 6.09 Å². The van der Waals surface area contributed by atoms with Crippen molar-refractivity contribution in [2.24, 2.45) is 5.73 Å². The van der Waals surface area contributed by atoms with Crippen LogP contribution in [-0.2, 0) is 0 Å². The van der Waals surface area contributed by atoms with Gasteiger partial charge in [-0.05, 0) is 18.2 Å². The van der Waals surface area contributed by atoms with Crippen LogP contribution in [0.15, 0.2) is 18.2 Å². The predicted octanol–water partition coefficient (Wildman–Crippen LogP) is 0.889. The summed E-state index contributed by atoms with van der Waals surface area (Å²) in [5.74, 6) is -0.0876. The summed E-state index contributed by atoms with van der Waals surface area (Å²) in [5, 5.41) is 8.86. The molecule has 5 N–H and O–H groups in total. The van der Waals surface area contributed by atoms with Crippen molar-refractivity contribution in [1.82, 2.24) is 4.90 Å². The Morgan fingerprint density at radius 2 is 1.95 bits per heavy atom. The number of hydrogen-bond donors (Lipinski definition) is 3. The van der Waals surface area contributed by atoms with Crippen LogP contribution >= 0.6 is 0 Å². The molecule has 1 aliphatic rings. The minimum Gasteiger partial charge on any atom is -0.490 e. The van der Waals surface area contributed by atoms with Crippen LogP contribution in [0.4, 0.5) is 10.5 Å². The molecule has 2 rings (SSSR count). The molecule has 1 aliphatic heterocycles. The average Bonchev–Trinajstić information content (AvgIpc) is 2.41. The molecule has 108 valence electrons. The Hall–Kier alpha value is -2.44. The number of nitrogen functional groups attached to an aromatic ring is 1. The molecule has 2 amide bonds. The fourth-order valence-electron chi connectivity index (χ4n) is 2.18. The van der Waals surface area contributed by atoms with Crippen molar-refractivity contribution in [3.8, 4) is 5.75 Å². The van der Waals surface area contributed by atoms with Crippen LogP contribution in [0, 0.1) is 0 Å². The molecule has 1 saturated heterocycles. The Balaban J connectivity index is 1.99. The van der Waals surface area contributed by atoms with Gasteiger partial charge in [-0.1, -0.05) is 0 Å². The molecule has 1 fully saturated rings. The summed E-state index contributed by atoms with van der Waals surface area (Å²) in [4.78, 5) is 23.4. The lowest BCUT2D eigenvalue weighted by atomic mass is 10.1. The number of rotatable bonds is 3. The van der Waals surface area contributed by atoms with Crippen molar-refractivity contribution in [3.05, 3.63) is 23.8 Å². The first-order valence-corrected chi connectivity index (χ1v) is 6.31. The number of nitrogens with two attached hydrogens (primary N) is 2. The van der Waals surface area contributed by atoms with Crippen LogP contribution in [0.25, 0.3) is 0 Å². The van der Waals surface area contributed by atoms with Crippen molar-refractivity contribution >= 4 is 17.7 Å². The van der Waals surface area contributed by atoms with Crippen molar-refractivity contribution in [3.63, 3.8) is 0 Å². The molecular weight excluding hydrogens is 262 g/mol. The first-order chi connectivity index (χ1) is 9.47. The highest BCUT2D eigenvalue weighted by atomic mass is 16.5. The second-order valence-corrected chi connectivity index (χ2v) is 4.70. The highest BCUT2D eigenvalue weighted by molar-refractivity contribution is 5.98. The normalized spacial score (nSPS) is 15.9. The van der Waals surface area contributed by atoms with Crippen molar-refractivity contribution < 1.29 is 19.4 Å². The number of piperidine rings is 1. The van der Waals surface area contributed by atoms with E-state index in [0.29, 0.717) is 37.4 Å². The zero-order chi connectivity index (χ0) is 14.7. The molecule has 0 radical (unpaired) electrons. The van der Waals surface area contributed by atoms with Crippen LogP contribution in [0.2, 0.25) is 0 Å². The summed E-state index contributed by atoms with van der Waals surface area (Å²) in [7, 11) is 0. The number of carbonyl (C=O) groups excluding carboxylic acids is 1. The molecule has 1 aromatic rings. The number of likely N-dealkylation sites (tertiary alicyclic amines) is 1. The molecular formula is C13H17N3O4. The minimum atomic E-state index is -0.910. The van der Waals surface area contributed by atoms with Gasteiger partial charge in [-0.25, -0.2) is 4.79 Å². The zero-order valence-electron chi connectivity index (χ0n) is 10.9. The molecule has 0 saturated carbocycles. The maximum absolute atomic E-state index is 11.2.